The zero-order valence-electron chi connectivity index (χ0n) is 11.2. The fourth-order valence-corrected chi connectivity index (χ4v) is 2.91. The van der Waals surface area contributed by atoms with Gasteiger partial charge in [-0.05, 0) is 53.4 Å². The molecular formula is C15H19BrFNO. The van der Waals surface area contributed by atoms with E-state index in [0.717, 1.165) is 25.8 Å². The van der Waals surface area contributed by atoms with Gasteiger partial charge in [0, 0.05) is 18.2 Å². The van der Waals surface area contributed by atoms with E-state index in [2.05, 4.69) is 22.9 Å². The maximum atomic E-state index is 13.5. The van der Waals surface area contributed by atoms with Crippen LogP contribution in [0.25, 0.3) is 0 Å². The van der Waals surface area contributed by atoms with Gasteiger partial charge in [-0.15, -0.1) is 0 Å². The number of benzene rings is 1. The van der Waals surface area contributed by atoms with Crippen LogP contribution in [0, 0.1) is 5.82 Å². The second-order valence-electron chi connectivity index (χ2n) is 5.04. The summed E-state index contributed by atoms with van der Waals surface area (Å²) in [5.74, 6) is -0.422. The number of amides is 1. The first-order chi connectivity index (χ1) is 9.13. The Kier molecular flexibility index (Phi) is 4.97. The summed E-state index contributed by atoms with van der Waals surface area (Å²) < 4.78 is 13.9. The van der Waals surface area contributed by atoms with Gasteiger partial charge in [-0.1, -0.05) is 19.8 Å². The average molecular weight is 328 g/mol. The minimum absolute atomic E-state index is 0.0415. The minimum atomic E-state index is -0.381. The predicted octanol–water partition coefficient (Wildman–Crippen LogP) is 4.38. The highest BCUT2D eigenvalue weighted by atomic mass is 79.9. The Morgan fingerprint density at radius 2 is 2.21 bits per heavy atom. The molecule has 19 heavy (non-hydrogen) atoms. The van der Waals surface area contributed by atoms with Crippen LogP contribution in [-0.2, 0) is 0 Å². The molecule has 0 spiro atoms. The van der Waals surface area contributed by atoms with Gasteiger partial charge in [-0.3, -0.25) is 4.79 Å². The van der Waals surface area contributed by atoms with E-state index in [1.807, 2.05) is 4.90 Å². The zero-order valence-corrected chi connectivity index (χ0v) is 12.7. The Morgan fingerprint density at radius 1 is 1.42 bits per heavy atom. The molecule has 2 rings (SSSR count). The first kappa shape index (κ1) is 14.5. The Bertz CT molecular complexity index is 463. The second-order valence-corrected chi connectivity index (χ2v) is 5.89. The normalized spacial score (nSPS) is 20.2. The molecule has 1 amide bonds. The lowest BCUT2D eigenvalue weighted by Crippen LogP contribution is -2.39. The lowest BCUT2D eigenvalue weighted by molar-refractivity contribution is 0.0677. The smallest absolute Gasteiger partial charge is 0.254 e. The monoisotopic (exact) mass is 327 g/mol. The third kappa shape index (κ3) is 3.35. The molecule has 1 heterocycles. The van der Waals surface area contributed by atoms with E-state index in [4.69, 9.17) is 0 Å². The lowest BCUT2D eigenvalue weighted by Gasteiger charge is -2.29. The van der Waals surface area contributed by atoms with Crippen molar-refractivity contribution in [1.29, 1.82) is 0 Å². The maximum Gasteiger partial charge on any atom is 0.254 e. The number of likely N-dealkylation sites (tertiary alicyclic amines) is 1. The molecule has 1 aliphatic rings. The summed E-state index contributed by atoms with van der Waals surface area (Å²) in [6.07, 6.45) is 5.42. The molecule has 4 heteroatoms. The largest absolute Gasteiger partial charge is 0.336 e. The molecule has 0 bridgehead atoms. The SMILES string of the molecule is CCC1CCCCCN1C(=O)c1ccc(Br)c(F)c1. The van der Waals surface area contributed by atoms with Crippen molar-refractivity contribution >= 4 is 21.8 Å². The summed E-state index contributed by atoms with van der Waals surface area (Å²) in [6, 6.07) is 4.90. The zero-order chi connectivity index (χ0) is 13.8. The van der Waals surface area contributed by atoms with Crippen molar-refractivity contribution in [2.45, 2.75) is 45.1 Å². The fourth-order valence-electron chi connectivity index (χ4n) is 2.66. The van der Waals surface area contributed by atoms with Gasteiger partial charge < -0.3 is 4.90 Å². The summed E-state index contributed by atoms with van der Waals surface area (Å²) in [5.41, 5.74) is 0.445. The number of carbonyl (C=O) groups excluding carboxylic acids is 1. The van der Waals surface area contributed by atoms with Crippen LogP contribution >= 0.6 is 15.9 Å². The number of rotatable bonds is 2. The molecule has 0 aliphatic carbocycles. The van der Waals surface area contributed by atoms with Crippen LogP contribution in [0.1, 0.15) is 49.4 Å². The van der Waals surface area contributed by atoms with E-state index in [9.17, 15) is 9.18 Å². The second kappa shape index (κ2) is 6.51. The highest BCUT2D eigenvalue weighted by Crippen LogP contribution is 2.23. The molecule has 1 atom stereocenters. The summed E-state index contributed by atoms with van der Waals surface area (Å²) in [4.78, 5) is 14.5. The van der Waals surface area contributed by atoms with Gasteiger partial charge in [0.2, 0.25) is 0 Å². The number of hydrogen-bond acceptors (Lipinski definition) is 1. The number of nitrogens with zero attached hydrogens (tertiary/aromatic N) is 1. The van der Waals surface area contributed by atoms with E-state index in [-0.39, 0.29) is 11.7 Å². The van der Waals surface area contributed by atoms with Gasteiger partial charge in [-0.25, -0.2) is 4.39 Å². The van der Waals surface area contributed by atoms with Crippen LogP contribution in [0.4, 0.5) is 4.39 Å². The molecule has 1 fully saturated rings. The van der Waals surface area contributed by atoms with Crippen molar-refractivity contribution in [3.05, 3.63) is 34.1 Å². The molecule has 0 N–H and O–H groups in total. The van der Waals surface area contributed by atoms with E-state index in [1.54, 1.807) is 12.1 Å². The van der Waals surface area contributed by atoms with Crippen molar-refractivity contribution in [2.24, 2.45) is 0 Å². The predicted molar refractivity (Wildman–Crippen MR) is 77.7 cm³/mol. The molecule has 104 valence electrons. The van der Waals surface area contributed by atoms with E-state index in [0.29, 0.717) is 16.1 Å². The highest BCUT2D eigenvalue weighted by Gasteiger charge is 2.25. The third-order valence-electron chi connectivity index (χ3n) is 3.78. The number of halogens is 2. The Labute approximate surface area is 122 Å². The van der Waals surface area contributed by atoms with Crippen molar-refractivity contribution < 1.29 is 9.18 Å². The van der Waals surface area contributed by atoms with Crippen LogP contribution in [0.2, 0.25) is 0 Å². The van der Waals surface area contributed by atoms with Crippen LogP contribution in [0.15, 0.2) is 22.7 Å². The van der Waals surface area contributed by atoms with Gasteiger partial charge in [0.1, 0.15) is 5.82 Å². The molecular weight excluding hydrogens is 309 g/mol. The Morgan fingerprint density at radius 3 is 2.89 bits per heavy atom. The summed E-state index contributed by atoms with van der Waals surface area (Å²) >= 11 is 3.11. The quantitative estimate of drug-likeness (QED) is 0.789. The lowest BCUT2D eigenvalue weighted by atomic mass is 10.1. The maximum absolute atomic E-state index is 13.5. The molecule has 1 unspecified atom stereocenters. The molecule has 1 saturated heterocycles. The molecule has 0 radical (unpaired) electrons. The van der Waals surface area contributed by atoms with E-state index in [1.165, 1.54) is 18.9 Å². The number of carbonyl (C=O) groups is 1. The van der Waals surface area contributed by atoms with Crippen molar-refractivity contribution in [3.63, 3.8) is 0 Å². The molecule has 0 saturated carbocycles. The van der Waals surface area contributed by atoms with Crippen LogP contribution in [0.3, 0.4) is 0 Å². The summed E-state index contributed by atoms with van der Waals surface area (Å²) in [5, 5.41) is 0. The molecule has 0 aromatic heterocycles. The first-order valence-corrected chi connectivity index (χ1v) is 7.68. The van der Waals surface area contributed by atoms with Crippen molar-refractivity contribution in [2.75, 3.05) is 6.54 Å². The van der Waals surface area contributed by atoms with Crippen LogP contribution in [0.5, 0.6) is 0 Å². The van der Waals surface area contributed by atoms with Gasteiger partial charge in [-0.2, -0.15) is 0 Å². The third-order valence-corrected chi connectivity index (χ3v) is 4.42. The number of hydrogen-bond donors (Lipinski definition) is 0. The summed E-state index contributed by atoms with van der Waals surface area (Å²) in [7, 11) is 0. The van der Waals surface area contributed by atoms with Gasteiger partial charge in [0.05, 0.1) is 4.47 Å². The highest BCUT2D eigenvalue weighted by molar-refractivity contribution is 9.10. The van der Waals surface area contributed by atoms with Gasteiger partial charge in [0.15, 0.2) is 0 Å². The van der Waals surface area contributed by atoms with E-state index < -0.39 is 0 Å². The Hall–Kier alpha value is -0.900. The molecule has 2 nitrogen and oxygen atoms in total. The van der Waals surface area contributed by atoms with Crippen LogP contribution in [-0.4, -0.2) is 23.4 Å². The van der Waals surface area contributed by atoms with Crippen LogP contribution < -0.4 is 0 Å². The van der Waals surface area contributed by atoms with Crippen molar-refractivity contribution in [3.8, 4) is 0 Å². The van der Waals surface area contributed by atoms with Crippen molar-refractivity contribution in [1.82, 2.24) is 4.90 Å². The molecule has 1 aromatic carbocycles. The molecule has 1 aromatic rings. The standard InChI is InChI=1S/C15H19BrFNO/c1-2-12-6-4-3-5-9-18(12)15(19)11-7-8-13(16)14(17)10-11/h7-8,10,12H,2-6,9H2,1H3. The topological polar surface area (TPSA) is 20.3 Å². The van der Waals surface area contributed by atoms with E-state index >= 15 is 0 Å². The summed E-state index contributed by atoms with van der Waals surface area (Å²) in [6.45, 7) is 2.90. The minimum Gasteiger partial charge on any atom is -0.336 e. The fraction of sp³-hybridized carbons (Fsp3) is 0.533. The Balaban J connectivity index is 2.22. The van der Waals surface area contributed by atoms with Gasteiger partial charge in [0.25, 0.3) is 5.91 Å². The molecule has 1 aliphatic heterocycles. The first-order valence-electron chi connectivity index (χ1n) is 6.89. The average Bonchev–Trinajstić information content (AvgIpc) is 2.66. The van der Waals surface area contributed by atoms with Gasteiger partial charge >= 0.3 is 0 Å².